The molecular formula is C23H21N3O2. The van der Waals surface area contributed by atoms with Crippen LogP contribution in [0.25, 0.3) is 11.5 Å². The molecule has 0 aliphatic heterocycles. The summed E-state index contributed by atoms with van der Waals surface area (Å²) >= 11 is 0. The van der Waals surface area contributed by atoms with Crippen LogP contribution in [-0.4, -0.2) is 10.2 Å². The molecule has 0 fully saturated rings. The molecule has 1 N–H and O–H groups in total. The third kappa shape index (κ3) is 4.57. The van der Waals surface area contributed by atoms with E-state index in [1.165, 1.54) is 5.56 Å². The van der Waals surface area contributed by atoms with Crippen molar-refractivity contribution in [3.05, 3.63) is 95.9 Å². The van der Waals surface area contributed by atoms with Crippen LogP contribution in [0.15, 0.2) is 83.3 Å². The number of rotatable bonds is 7. The van der Waals surface area contributed by atoms with Gasteiger partial charge in [0.15, 0.2) is 0 Å². The van der Waals surface area contributed by atoms with Gasteiger partial charge in [-0.2, -0.15) is 0 Å². The van der Waals surface area contributed by atoms with Crippen LogP contribution >= 0.6 is 0 Å². The highest BCUT2D eigenvalue weighted by atomic mass is 16.5. The third-order valence-corrected chi connectivity index (χ3v) is 4.31. The van der Waals surface area contributed by atoms with Crippen LogP contribution < -0.4 is 10.1 Å². The van der Waals surface area contributed by atoms with E-state index in [0.29, 0.717) is 24.9 Å². The fourth-order valence-corrected chi connectivity index (χ4v) is 2.73. The number of nitrogens with zero attached hydrogens (tertiary/aromatic N) is 2. The predicted octanol–water partition coefficient (Wildman–Crippen LogP) is 5.24. The van der Waals surface area contributed by atoms with E-state index < -0.39 is 0 Å². The Morgan fingerprint density at radius 2 is 1.61 bits per heavy atom. The minimum absolute atomic E-state index is 0.461. The number of aromatic nitrogens is 2. The van der Waals surface area contributed by atoms with Gasteiger partial charge in [-0.15, -0.1) is 10.2 Å². The van der Waals surface area contributed by atoms with E-state index in [2.05, 4.69) is 15.5 Å². The van der Waals surface area contributed by atoms with Crippen molar-refractivity contribution in [1.29, 1.82) is 0 Å². The van der Waals surface area contributed by atoms with Gasteiger partial charge < -0.3 is 14.5 Å². The van der Waals surface area contributed by atoms with Crippen molar-refractivity contribution in [2.24, 2.45) is 0 Å². The van der Waals surface area contributed by atoms with Gasteiger partial charge >= 0.3 is 0 Å². The molecule has 0 amide bonds. The second-order valence-electron chi connectivity index (χ2n) is 6.52. The van der Waals surface area contributed by atoms with Crippen molar-refractivity contribution >= 4 is 5.69 Å². The minimum atomic E-state index is 0.461. The van der Waals surface area contributed by atoms with Crippen LogP contribution in [-0.2, 0) is 13.2 Å². The molecule has 0 unspecified atom stereocenters. The number of nitrogens with one attached hydrogen (secondary N) is 1. The van der Waals surface area contributed by atoms with Crippen molar-refractivity contribution in [3.8, 4) is 17.2 Å². The molecule has 1 heterocycles. The van der Waals surface area contributed by atoms with Crippen molar-refractivity contribution in [1.82, 2.24) is 10.2 Å². The predicted molar refractivity (Wildman–Crippen MR) is 109 cm³/mol. The molecule has 0 saturated carbocycles. The van der Waals surface area contributed by atoms with Crippen LogP contribution in [0, 0.1) is 6.92 Å². The topological polar surface area (TPSA) is 60.2 Å². The van der Waals surface area contributed by atoms with Crippen LogP contribution in [0.1, 0.15) is 17.0 Å². The Bertz CT molecular complexity index is 1010. The molecule has 28 heavy (non-hydrogen) atoms. The van der Waals surface area contributed by atoms with Gasteiger partial charge in [0.05, 0.1) is 6.54 Å². The Hall–Kier alpha value is -3.60. The summed E-state index contributed by atoms with van der Waals surface area (Å²) in [5.74, 6) is 1.90. The third-order valence-electron chi connectivity index (χ3n) is 4.31. The maximum absolute atomic E-state index is 5.80. The van der Waals surface area contributed by atoms with E-state index in [1.807, 2.05) is 85.8 Å². The smallest absolute Gasteiger partial charge is 0.247 e. The van der Waals surface area contributed by atoms with Crippen LogP contribution in [0.3, 0.4) is 0 Å². The van der Waals surface area contributed by atoms with Crippen LogP contribution in [0.5, 0.6) is 5.75 Å². The molecule has 3 aromatic carbocycles. The zero-order valence-corrected chi connectivity index (χ0v) is 15.6. The Morgan fingerprint density at radius 1 is 0.857 bits per heavy atom. The Balaban J connectivity index is 1.31. The lowest BCUT2D eigenvalue weighted by Crippen LogP contribution is -2.00. The average molecular weight is 371 g/mol. The summed E-state index contributed by atoms with van der Waals surface area (Å²) in [4.78, 5) is 0. The number of ether oxygens (including phenoxy) is 1. The molecule has 0 aliphatic rings. The van der Waals surface area contributed by atoms with Crippen LogP contribution in [0.4, 0.5) is 5.69 Å². The van der Waals surface area contributed by atoms with Gasteiger partial charge in [0.1, 0.15) is 12.4 Å². The molecule has 5 heteroatoms. The first-order chi connectivity index (χ1) is 13.8. The molecule has 4 aromatic rings. The first-order valence-electron chi connectivity index (χ1n) is 9.16. The number of hydrogen-bond donors (Lipinski definition) is 1. The molecule has 0 radical (unpaired) electrons. The summed E-state index contributed by atoms with van der Waals surface area (Å²) < 4.78 is 11.5. The van der Waals surface area contributed by atoms with Gasteiger partial charge in [-0.1, -0.05) is 48.0 Å². The van der Waals surface area contributed by atoms with Gasteiger partial charge in [0.25, 0.3) is 0 Å². The number of aryl methyl sites for hydroxylation is 1. The fourth-order valence-electron chi connectivity index (χ4n) is 2.73. The highest BCUT2D eigenvalue weighted by molar-refractivity contribution is 5.53. The number of benzene rings is 3. The lowest BCUT2D eigenvalue weighted by atomic mass is 10.1. The largest absolute Gasteiger partial charge is 0.489 e. The van der Waals surface area contributed by atoms with Crippen molar-refractivity contribution in [2.75, 3.05) is 5.32 Å². The maximum Gasteiger partial charge on any atom is 0.247 e. The number of hydrogen-bond acceptors (Lipinski definition) is 5. The van der Waals surface area contributed by atoms with Crippen molar-refractivity contribution < 1.29 is 9.15 Å². The van der Waals surface area contributed by atoms with Gasteiger partial charge in [0.2, 0.25) is 11.8 Å². The van der Waals surface area contributed by atoms with Crippen molar-refractivity contribution in [3.63, 3.8) is 0 Å². The van der Waals surface area contributed by atoms with E-state index in [9.17, 15) is 0 Å². The van der Waals surface area contributed by atoms with Gasteiger partial charge in [0, 0.05) is 11.3 Å². The standard InChI is InChI=1S/C23H21N3O2/c1-17-7-9-19(10-8-17)23-26-25-22(28-23)15-24-20-11-13-21(14-12-20)27-16-18-5-3-2-4-6-18/h2-14,24H,15-16H2,1H3. The number of anilines is 1. The summed E-state index contributed by atoms with van der Waals surface area (Å²) in [6, 6.07) is 25.9. The van der Waals surface area contributed by atoms with Crippen molar-refractivity contribution in [2.45, 2.75) is 20.1 Å². The highest BCUT2D eigenvalue weighted by Gasteiger charge is 2.08. The second-order valence-corrected chi connectivity index (χ2v) is 6.52. The molecule has 5 nitrogen and oxygen atoms in total. The zero-order valence-electron chi connectivity index (χ0n) is 15.6. The molecule has 0 atom stereocenters. The first kappa shape index (κ1) is 17.8. The minimum Gasteiger partial charge on any atom is -0.489 e. The van der Waals surface area contributed by atoms with E-state index in [-0.39, 0.29) is 0 Å². The molecule has 0 spiro atoms. The second kappa shape index (κ2) is 8.39. The first-order valence-corrected chi connectivity index (χ1v) is 9.16. The molecule has 4 rings (SSSR count). The SMILES string of the molecule is Cc1ccc(-c2nnc(CNc3ccc(OCc4ccccc4)cc3)o2)cc1. The van der Waals surface area contributed by atoms with E-state index in [0.717, 1.165) is 22.6 Å². The molecule has 1 aromatic heterocycles. The van der Waals surface area contributed by atoms with Gasteiger partial charge in [-0.25, -0.2) is 0 Å². The summed E-state index contributed by atoms with van der Waals surface area (Å²) in [5, 5.41) is 11.5. The molecule has 0 bridgehead atoms. The summed E-state index contributed by atoms with van der Waals surface area (Å²) in [6.45, 7) is 3.06. The summed E-state index contributed by atoms with van der Waals surface area (Å²) in [5.41, 5.74) is 4.22. The summed E-state index contributed by atoms with van der Waals surface area (Å²) in [7, 11) is 0. The Kier molecular flexibility index (Phi) is 5.33. The summed E-state index contributed by atoms with van der Waals surface area (Å²) in [6.07, 6.45) is 0. The highest BCUT2D eigenvalue weighted by Crippen LogP contribution is 2.20. The van der Waals surface area contributed by atoms with E-state index in [4.69, 9.17) is 9.15 Å². The maximum atomic E-state index is 5.80. The van der Waals surface area contributed by atoms with Gasteiger partial charge in [-0.05, 0) is 48.9 Å². The zero-order chi connectivity index (χ0) is 19.2. The fraction of sp³-hybridized carbons (Fsp3) is 0.130. The molecule has 0 aliphatic carbocycles. The van der Waals surface area contributed by atoms with E-state index in [1.54, 1.807) is 0 Å². The average Bonchev–Trinajstić information content (AvgIpc) is 3.22. The normalized spacial score (nSPS) is 10.6. The molecular weight excluding hydrogens is 350 g/mol. The Labute approximate surface area is 164 Å². The lowest BCUT2D eigenvalue weighted by molar-refractivity contribution is 0.306. The monoisotopic (exact) mass is 371 g/mol. The lowest BCUT2D eigenvalue weighted by Gasteiger charge is -2.08. The van der Waals surface area contributed by atoms with Crippen LogP contribution in [0.2, 0.25) is 0 Å². The van der Waals surface area contributed by atoms with E-state index >= 15 is 0 Å². The van der Waals surface area contributed by atoms with Gasteiger partial charge in [-0.3, -0.25) is 0 Å². The molecule has 0 saturated heterocycles. The Morgan fingerprint density at radius 3 is 2.36 bits per heavy atom. The quantitative estimate of drug-likeness (QED) is 0.482. The molecule has 140 valence electrons.